The topological polar surface area (TPSA) is 81.4 Å². The molecule has 3 rings (SSSR count). The van der Waals surface area contributed by atoms with Gasteiger partial charge in [0.25, 0.3) is 0 Å². The average molecular weight is 318 g/mol. The molecule has 0 radical (unpaired) electrons. The second kappa shape index (κ2) is 6.65. The molecule has 7 heteroatoms. The van der Waals surface area contributed by atoms with E-state index in [0.29, 0.717) is 24.3 Å². The number of hydrogen-bond acceptors (Lipinski definition) is 6. The van der Waals surface area contributed by atoms with Gasteiger partial charge in [-0.1, -0.05) is 47.3 Å². The van der Waals surface area contributed by atoms with Gasteiger partial charge in [-0.15, -0.1) is 0 Å². The van der Waals surface area contributed by atoms with Crippen LogP contribution in [0.5, 0.6) is 0 Å². The highest BCUT2D eigenvalue weighted by Crippen LogP contribution is 2.35. The lowest BCUT2D eigenvalue weighted by atomic mass is 10.1. The lowest BCUT2D eigenvalue weighted by molar-refractivity contribution is 0.108. The molecule has 1 aliphatic heterocycles. The predicted octanol–water partition coefficient (Wildman–Crippen LogP) is 2.79. The second-order valence-corrected chi connectivity index (χ2v) is 6.04. The summed E-state index contributed by atoms with van der Waals surface area (Å²) in [5.41, 5.74) is 1.31. The van der Waals surface area contributed by atoms with Crippen molar-refractivity contribution in [3.8, 4) is 0 Å². The van der Waals surface area contributed by atoms with E-state index in [9.17, 15) is 9.59 Å². The molecule has 0 spiro atoms. The van der Waals surface area contributed by atoms with Crippen molar-refractivity contribution in [2.75, 3.05) is 6.61 Å². The molecular weight excluding hydrogens is 304 g/mol. The maximum absolute atomic E-state index is 12.4. The molecule has 22 heavy (non-hydrogen) atoms. The Morgan fingerprint density at radius 3 is 2.82 bits per heavy atom. The molecule has 2 atom stereocenters. The summed E-state index contributed by atoms with van der Waals surface area (Å²) < 4.78 is 9.76. The van der Waals surface area contributed by atoms with Crippen molar-refractivity contribution in [2.45, 2.75) is 17.7 Å². The molecule has 2 aromatic rings. The van der Waals surface area contributed by atoms with Crippen LogP contribution < -0.4 is 5.32 Å². The van der Waals surface area contributed by atoms with E-state index < -0.39 is 6.09 Å². The summed E-state index contributed by atoms with van der Waals surface area (Å²) in [5, 5.41) is 6.39. The molecule has 1 saturated heterocycles. The van der Waals surface area contributed by atoms with Crippen molar-refractivity contribution < 1.29 is 18.8 Å². The third kappa shape index (κ3) is 3.48. The van der Waals surface area contributed by atoms with E-state index in [-0.39, 0.29) is 16.4 Å². The number of aromatic nitrogens is 1. The van der Waals surface area contributed by atoms with Crippen LogP contribution >= 0.6 is 11.8 Å². The highest BCUT2D eigenvalue weighted by atomic mass is 32.2. The molecule has 0 aliphatic carbocycles. The van der Waals surface area contributed by atoms with Crippen LogP contribution in [0.2, 0.25) is 0 Å². The number of rotatable bonds is 5. The van der Waals surface area contributed by atoms with Crippen molar-refractivity contribution in [1.29, 1.82) is 0 Å². The monoisotopic (exact) mass is 318 g/mol. The summed E-state index contributed by atoms with van der Waals surface area (Å²) in [7, 11) is 0. The first kappa shape index (κ1) is 14.6. The Morgan fingerprint density at radius 1 is 1.36 bits per heavy atom. The lowest BCUT2D eigenvalue weighted by Crippen LogP contribution is -2.27. The Labute approximate surface area is 131 Å². The first-order valence-electron chi connectivity index (χ1n) is 6.82. The van der Waals surface area contributed by atoms with Gasteiger partial charge in [0.1, 0.15) is 12.9 Å². The molecule has 1 aromatic heterocycles. The number of hydrogen-bond donors (Lipinski definition) is 1. The standard InChI is InChI=1S/C15H14N2O4S/c18-14(10-4-2-1-3-5-10)22-13(12-6-7-21-17-12)8-11-9-20-15(19)16-11/h1-7,11,13H,8-9H2,(H,16,19)/t11-,13?/m0/s1. The molecule has 1 unspecified atom stereocenters. The van der Waals surface area contributed by atoms with E-state index in [2.05, 4.69) is 10.5 Å². The van der Waals surface area contributed by atoms with Gasteiger partial charge in [-0.25, -0.2) is 4.79 Å². The summed E-state index contributed by atoms with van der Waals surface area (Å²) >= 11 is 1.18. The number of benzene rings is 1. The van der Waals surface area contributed by atoms with Gasteiger partial charge in [0.15, 0.2) is 0 Å². The Kier molecular flexibility index (Phi) is 4.43. The predicted molar refractivity (Wildman–Crippen MR) is 80.5 cm³/mol. The van der Waals surface area contributed by atoms with E-state index in [4.69, 9.17) is 9.26 Å². The number of cyclic esters (lactones) is 1. The van der Waals surface area contributed by atoms with Gasteiger partial charge in [0.2, 0.25) is 5.12 Å². The molecule has 2 heterocycles. The third-order valence-corrected chi connectivity index (χ3v) is 4.45. The van der Waals surface area contributed by atoms with Crippen LogP contribution in [0.25, 0.3) is 0 Å². The minimum Gasteiger partial charge on any atom is -0.447 e. The van der Waals surface area contributed by atoms with E-state index in [0.717, 1.165) is 0 Å². The Morgan fingerprint density at radius 2 is 2.18 bits per heavy atom. The van der Waals surface area contributed by atoms with E-state index >= 15 is 0 Å². The largest absolute Gasteiger partial charge is 0.447 e. The smallest absolute Gasteiger partial charge is 0.407 e. The van der Waals surface area contributed by atoms with Gasteiger partial charge in [-0.2, -0.15) is 0 Å². The number of alkyl carbamates (subject to hydrolysis) is 1. The van der Waals surface area contributed by atoms with Crippen molar-refractivity contribution in [3.05, 3.63) is 53.9 Å². The molecule has 114 valence electrons. The molecule has 1 N–H and O–H groups in total. The third-order valence-electron chi connectivity index (χ3n) is 3.28. The SMILES string of the molecule is O=C1N[C@@H](CC(SC(=O)c2ccccc2)c2ccon2)CO1. The van der Waals surface area contributed by atoms with Crippen molar-refractivity contribution in [1.82, 2.24) is 10.5 Å². The van der Waals surface area contributed by atoms with Crippen LogP contribution in [-0.2, 0) is 4.74 Å². The van der Waals surface area contributed by atoms with Crippen molar-refractivity contribution in [3.63, 3.8) is 0 Å². The molecule has 1 fully saturated rings. The van der Waals surface area contributed by atoms with Crippen LogP contribution in [0.15, 0.2) is 47.2 Å². The minimum atomic E-state index is -0.428. The van der Waals surface area contributed by atoms with Gasteiger partial charge in [-0.05, 0) is 6.42 Å². The normalized spacial score (nSPS) is 18.5. The molecule has 1 aromatic carbocycles. The van der Waals surface area contributed by atoms with E-state index in [1.165, 1.54) is 18.0 Å². The highest BCUT2D eigenvalue weighted by molar-refractivity contribution is 8.14. The summed E-state index contributed by atoms with van der Waals surface area (Å²) in [6.07, 6.45) is 1.59. The van der Waals surface area contributed by atoms with Gasteiger partial charge in [-0.3, -0.25) is 4.79 Å². The summed E-state index contributed by atoms with van der Waals surface area (Å²) in [5.74, 6) is 0. The molecule has 1 amide bonds. The Hall–Kier alpha value is -2.28. The Bertz CT molecular complexity index is 645. The van der Waals surface area contributed by atoms with Crippen LogP contribution in [0.3, 0.4) is 0 Å². The highest BCUT2D eigenvalue weighted by Gasteiger charge is 2.29. The summed E-state index contributed by atoms with van der Waals surface area (Å²) in [4.78, 5) is 23.5. The van der Waals surface area contributed by atoms with Gasteiger partial charge < -0.3 is 14.6 Å². The first-order valence-corrected chi connectivity index (χ1v) is 7.70. The number of amides is 1. The number of nitrogens with zero attached hydrogens (tertiary/aromatic N) is 1. The Balaban J connectivity index is 1.71. The van der Waals surface area contributed by atoms with Gasteiger partial charge in [0.05, 0.1) is 17.0 Å². The van der Waals surface area contributed by atoms with Crippen LogP contribution in [0.4, 0.5) is 4.79 Å². The minimum absolute atomic E-state index is 0.0427. The van der Waals surface area contributed by atoms with E-state index in [1.807, 2.05) is 18.2 Å². The fourth-order valence-corrected chi connectivity index (χ4v) is 3.30. The van der Waals surface area contributed by atoms with Crippen molar-refractivity contribution >= 4 is 23.0 Å². The summed E-state index contributed by atoms with van der Waals surface area (Å²) in [6.45, 7) is 0.299. The lowest BCUT2D eigenvalue weighted by Gasteiger charge is -2.16. The van der Waals surface area contributed by atoms with Gasteiger partial charge >= 0.3 is 6.09 Å². The van der Waals surface area contributed by atoms with Crippen LogP contribution in [0.1, 0.15) is 27.7 Å². The molecule has 6 nitrogen and oxygen atoms in total. The number of ether oxygens (including phenoxy) is 1. The fourth-order valence-electron chi connectivity index (χ4n) is 2.20. The van der Waals surface area contributed by atoms with Gasteiger partial charge in [0, 0.05) is 11.6 Å². The fraction of sp³-hybridized carbons (Fsp3) is 0.267. The molecule has 1 aliphatic rings. The first-order chi connectivity index (χ1) is 10.7. The number of carbonyl (C=O) groups is 2. The quantitative estimate of drug-likeness (QED) is 0.913. The van der Waals surface area contributed by atoms with Crippen molar-refractivity contribution in [2.24, 2.45) is 0 Å². The zero-order valence-corrected chi connectivity index (χ0v) is 12.4. The number of thioether (sulfide) groups is 1. The molecule has 0 bridgehead atoms. The molecule has 0 saturated carbocycles. The van der Waals surface area contributed by atoms with Crippen LogP contribution in [0, 0.1) is 0 Å². The number of nitrogens with one attached hydrogen (secondary N) is 1. The second-order valence-electron chi connectivity index (χ2n) is 4.86. The zero-order valence-electron chi connectivity index (χ0n) is 11.6. The maximum atomic E-state index is 12.4. The zero-order chi connectivity index (χ0) is 15.4. The average Bonchev–Trinajstić information content (AvgIpc) is 3.19. The van der Waals surface area contributed by atoms with E-state index in [1.54, 1.807) is 18.2 Å². The number of carbonyl (C=O) groups excluding carboxylic acids is 2. The maximum Gasteiger partial charge on any atom is 0.407 e. The van der Waals surface area contributed by atoms with Crippen LogP contribution in [-0.4, -0.2) is 29.0 Å². The summed E-state index contributed by atoms with van der Waals surface area (Å²) in [6, 6.07) is 10.7. The molecular formula is C15H14N2O4S.